The van der Waals surface area contributed by atoms with Gasteiger partial charge in [0.2, 0.25) is 0 Å². The minimum absolute atomic E-state index is 1.32. The van der Waals surface area contributed by atoms with Gasteiger partial charge in [-0.05, 0) is 62.1 Å². The average Bonchev–Trinajstić information content (AvgIpc) is 2.28. The Hall–Kier alpha value is -1.21. The van der Waals surface area contributed by atoms with Crippen LogP contribution >= 0.6 is 11.8 Å². The highest BCUT2D eigenvalue weighted by Crippen LogP contribution is 2.33. The molecule has 1 heteroatoms. The smallest absolute Gasteiger partial charge is 0.0180 e. The topological polar surface area (TPSA) is 0 Å². The van der Waals surface area contributed by atoms with Crippen LogP contribution in [0.15, 0.2) is 46.2 Å². The molecule has 17 heavy (non-hydrogen) atoms. The Bertz CT molecular complexity index is 521. The summed E-state index contributed by atoms with van der Waals surface area (Å²) in [5.74, 6) is 0. The Balaban J connectivity index is 2.35. The van der Waals surface area contributed by atoms with Crippen molar-refractivity contribution in [3.8, 4) is 0 Å². The van der Waals surface area contributed by atoms with Crippen molar-refractivity contribution in [3.05, 3.63) is 58.7 Å². The van der Waals surface area contributed by atoms with Gasteiger partial charge in [0.25, 0.3) is 0 Å². The largest absolute Gasteiger partial charge is 0.0895 e. The van der Waals surface area contributed by atoms with E-state index in [0.29, 0.717) is 0 Å². The van der Waals surface area contributed by atoms with Crippen molar-refractivity contribution >= 4 is 11.8 Å². The lowest BCUT2D eigenvalue weighted by Crippen LogP contribution is -1.86. The summed E-state index contributed by atoms with van der Waals surface area (Å²) in [6, 6.07) is 13.2. The Labute approximate surface area is 108 Å². The van der Waals surface area contributed by atoms with Crippen LogP contribution < -0.4 is 0 Å². The van der Waals surface area contributed by atoms with Crippen molar-refractivity contribution in [1.82, 2.24) is 0 Å². The minimum atomic E-state index is 1.32. The molecule has 0 nitrogen and oxygen atoms in total. The van der Waals surface area contributed by atoms with E-state index in [0.717, 1.165) is 0 Å². The molecule has 2 aromatic carbocycles. The maximum Gasteiger partial charge on any atom is 0.0180 e. The standard InChI is InChI=1S/C16H18S/c1-11-8-9-15(10-14(11)4)17-16-12(2)6-5-7-13(16)3/h5-10H,1-4H3. The summed E-state index contributed by atoms with van der Waals surface area (Å²) in [5, 5.41) is 0. The van der Waals surface area contributed by atoms with Gasteiger partial charge in [0.05, 0.1) is 0 Å². The SMILES string of the molecule is Cc1ccc(Sc2c(C)cccc2C)cc1C. The average molecular weight is 242 g/mol. The Kier molecular flexibility index (Phi) is 3.58. The number of hydrogen-bond acceptors (Lipinski definition) is 1. The van der Waals surface area contributed by atoms with Crippen molar-refractivity contribution in [2.45, 2.75) is 37.5 Å². The van der Waals surface area contributed by atoms with Crippen LogP contribution in [0.1, 0.15) is 22.3 Å². The molecule has 0 atom stereocenters. The molecule has 0 aliphatic rings. The number of hydrogen-bond donors (Lipinski definition) is 0. The predicted octanol–water partition coefficient (Wildman–Crippen LogP) is 5.07. The van der Waals surface area contributed by atoms with Gasteiger partial charge in [-0.1, -0.05) is 36.0 Å². The zero-order valence-electron chi connectivity index (χ0n) is 10.9. The fourth-order valence-electron chi connectivity index (χ4n) is 1.86. The van der Waals surface area contributed by atoms with Crippen LogP contribution in [0.3, 0.4) is 0 Å². The van der Waals surface area contributed by atoms with E-state index in [9.17, 15) is 0 Å². The fraction of sp³-hybridized carbons (Fsp3) is 0.250. The predicted molar refractivity (Wildman–Crippen MR) is 76.0 cm³/mol. The van der Waals surface area contributed by atoms with Crippen LogP contribution in [0.2, 0.25) is 0 Å². The van der Waals surface area contributed by atoms with E-state index < -0.39 is 0 Å². The van der Waals surface area contributed by atoms with Crippen molar-refractivity contribution in [2.24, 2.45) is 0 Å². The molecule has 0 N–H and O–H groups in total. The Morgan fingerprint density at radius 2 is 1.35 bits per heavy atom. The van der Waals surface area contributed by atoms with Gasteiger partial charge in [-0.2, -0.15) is 0 Å². The molecule has 0 amide bonds. The molecule has 0 aromatic heterocycles. The summed E-state index contributed by atoms with van der Waals surface area (Å²) in [7, 11) is 0. The summed E-state index contributed by atoms with van der Waals surface area (Å²) in [6.07, 6.45) is 0. The molecule has 0 heterocycles. The lowest BCUT2D eigenvalue weighted by Gasteiger charge is -2.10. The van der Waals surface area contributed by atoms with Gasteiger partial charge in [0.1, 0.15) is 0 Å². The highest BCUT2D eigenvalue weighted by Gasteiger charge is 2.05. The number of rotatable bonds is 2. The molecule has 0 unspecified atom stereocenters. The lowest BCUT2D eigenvalue weighted by molar-refractivity contribution is 1.21. The molecular weight excluding hydrogens is 224 g/mol. The van der Waals surface area contributed by atoms with Crippen LogP contribution in [0, 0.1) is 27.7 Å². The zero-order chi connectivity index (χ0) is 12.4. The molecule has 0 radical (unpaired) electrons. The van der Waals surface area contributed by atoms with Crippen LogP contribution in [-0.4, -0.2) is 0 Å². The number of benzene rings is 2. The molecule has 2 aromatic rings. The van der Waals surface area contributed by atoms with E-state index in [-0.39, 0.29) is 0 Å². The highest BCUT2D eigenvalue weighted by atomic mass is 32.2. The molecule has 0 fully saturated rings. The summed E-state index contributed by atoms with van der Waals surface area (Å²) >= 11 is 1.86. The minimum Gasteiger partial charge on any atom is -0.0895 e. The van der Waals surface area contributed by atoms with Gasteiger partial charge >= 0.3 is 0 Å². The maximum absolute atomic E-state index is 2.27. The quantitative estimate of drug-likeness (QED) is 0.708. The zero-order valence-corrected chi connectivity index (χ0v) is 11.7. The highest BCUT2D eigenvalue weighted by molar-refractivity contribution is 7.99. The van der Waals surface area contributed by atoms with Crippen LogP contribution in [0.5, 0.6) is 0 Å². The lowest BCUT2D eigenvalue weighted by atomic mass is 10.1. The first-order valence-corrected chi connectivity index (χ1v) is 6.71. The monoisotopic (exact) mass is 242 g/mol. The van der Waals surface area contributed by atoms with E-state index in [1.54, 1.807) is 0 Å². The molecule has 0 aliphatic heterocycles. The van der Waals surface area contributed by atoms with E-state index in [2.05, 4.69) is 64.1 Å². The molecule has 0 bridgehead atoms. The third kappa shape index (κ3) is 2.73. The molecule has 0 spiro atoms. The van der Waals surface area contributed by atoms with Crippen molar-refractivity contribution in [1.29, 1.82) is 0 Å². The molecule has 0 aliphatic carbocycles. The second-order valence-electron chi connectivity index (χ2n) is 4.57. The van der Waals surface area contributed by atoms with Gasteiger partial charge in [-0.25, -0.2) is 0 Å². The van der Waals surface area contributed by atoms with E-state index >= 15 is 0 Å². The molecule has 0 saturated carbocycles. The third-order valence-electron chi connectivity index (χ3n) is 3.11. The molecule has 0 saturated heterocycles. The fourth-order valence-corrected chi connectivity index (χ4v) is 2.92. The van der Waals surface area contributed by atoms with Crippen molar-refractivity contribution in [3.63, 3.8) is 0 Å². The van der Waals surface area contributed by atoms with Gasteiger partial charge in [-0.15, -0.1) is 0 Å². The van der Waals surface area contributed by atoms with Crippen LogP contribution in [0.4, 0.5) is 0 Å². The maximum atomic E-state index is 2.27. The van der Waals surface area contributed by atoms with Gasteiger partial charge in [-0.3, -0.25) is 0 Å². The van der Waals surface area contributed by atoms with E-state index in [4.69, 9.17) is 0 Å². The first-order valence-electron chi connectivity index (χ1n) is 5.89. The van der Waals surface area contributed by atoms with E-state index in [1.807, 2.05) is 11.8 Å². The summed E-state index contributed by atoms with van der Waals surface area (Å²) < 4.78 is 0. The molecule has 88 valence electrons. The van der Waals surface area contributed by atoms with E-state index in [1.165, 1.54) is 32.0 Å². The van der Waals surface area contributed by atoms with Crippen molar-refractivity contribution in [2.75, 3.05) is 0 Å². The summed E-state index contributed by atoms with van der Waals surface area (Å²) in [5.41, 5.74) is 5.43. The Morgan fingerprint density at radius 1 is 0.706 bits per heavy atom. The number of aryl methyl sites for hydroxylation is 4. The molecular formula is C16H18S. The summed E-state index contributed by atoms with van der Waals surface area (Å²) in [6.45, 7) is 8.68. The first-order chi connectivity index (χ1) is 8.08. The Morgan fingerprint density at radius 3 is 1.94 bits per heavy atom. The first kappa shape index (κ1) is 12.3. The van der Waals surface area contributed by atoms with Crippen molar-refractivity contribution < 1.29 is 0 Å². The third-order valence-corrected chi connectivity index (χ3v) is 4.44. The molecule has 2 rings (SSSR count). The van der Waals surface area contributed by atoms with Gasteiger partial charge in [0, 0.05) is 9.79 Å². The normalized spacial score (nSPS) is 10.6. The van der Waals surface area contributed by atoms with Crippen LogP contribution in [0.25, 0.3) is 0 Å². The van der Waals surface area contributed by atoms with Crippen LogP contribution in [-0.2, 0) is 0 Å². The second-order valence-corrected chi connectivity index (χ2v) is 5.65. The van der Waals surface area contributed by atoms with Gasteiger partial charge in [0.15, 0.2) is 0 Å². The van der Waals surface area contributed by atoms with Gasteiger partial charge < -0.3 is 0 Å². The second kappa shape index (κ2) is 4.97. The summed E-state index contributed by atoms with van der Waals surface area (Å²) in [4.78, 5) is 2.71.